The van der Waals surface area contributed by atoms with Crippen LogP contribution in [0.2, 0.25) is 0 Å². The average Bonchev–Trinajstić information content (AvgIpc) is 3.08. The predicted octanol–water partition coefficient (Wildman–Crippen LogP) is 3.74. The van der Waals surface area contributed by atoms with Gasteiger partial charge < -0.3 is 5.11 Å². The summed E-state index contributed by atoms with van der Waals surface area (Å²) in [6.45, 7) is 0. The number of allylic oxidation sites excluding steroid dienone is 1. The quantitative estimate of drug-likeness (QED) is 0.697. The number of hydrogen-bond acceptors (Lipinski definition) is 1. The summed E-state index contributed by atoms with van der Waals surface area (Å²) >= 11 is 0. The Kier molecular flexibility index (Phi) is 1.77. The molecule has 1 nitrogen and oxygen atoms in total. The Labute approximate surface area is 114 Å². The van der Waals surface area contributed by atoms with Crippen LogP contribution >= 0.6 is 0 Å². The van der Waals surface area contributed by atoms with Crippen LogP contribution in [0.25, 0.3) is 0 Å². The lowest BCUT2D eigenvalue weighted by atomic mass is 9.56. The number of hydrogen-bond donors (Lipinski definition) is 1. The molecule has 0 radical (unpaired) electrons. The molecule has 1 aromatic carbocycles. The van der Waals surface area contributed by atoms with E-state index in [-0.39, 0.29) is 5.41 Å². The zero-order chi connectivity index (χ0) is 12.7. The molecule has 1 heteroatoms. The van der Waals surface area contributed by atoms with Gasteiger partial charge in [0.1, 0.15) is 5.60 Å². The maximum absolute atomic E-state index is 11.7. The lowest BCUT2D eigenvalue weighted by Gasteiger charge is -2.50. The van der Waals surface area contributed by atoms with Gasteiger partial charge in [0, 0.05) is 11.3 Å². The number of fused-ring (bicyclic) bond motifs is 6. The molecule has 19 heavy (non-hydrogen) atoms. The Hall–Kier alpha value is -1.08. The number of rotatable bonds is 0. The van der Waals surface area contributed by atoms with Gasteiger partial charge in [0.05, 0.1) is 0 Å². The van der Waals surface area contributed by atoms with Gasteiger partial charge in [-0.2, -0.15) is 0 Å². The molecule has 1 aromatic rings. The van der Waals surface area contributed by atoms with E-state index in [2.05, 4.69) is 36.4 Å². The van der Waals surface area contributed by atoms with E-state index in [1.165, 1.54) is 43.2 Å². The van der Waals surface area contributed by atoms with Gasteiger partial charge in [-0.05, 0) is 42.2 Å². The van der Waals surface area contributed by atoms with Crippen molar-refractivity contribution in [3.8, 4) is 0 Å². The Morgan fingerprint density at radius 2 is 1.89 bits per heavy atom. The van der Waals surface area contributed by atoms with Gasteiger partial charge in [-0.25, -0.2) is 0 Å². The fourth-order valence-corrected chi connectivity index (χ4v) is 6.15. The number of benzene rings is 1. The molecule has 98 valence electrons. The first-order valence-electron chi connectivity index (χ1n) is 7.78. The Morgan fingerprint density at radius 3 is 2.84 bits per heavy atom. The zero-order valence-electron chi connectivity index (χ0n) is 11.2. The third-order valence-corrected chi connectivity index (χ3v) is 6.69. The van der Waals surface area contributed by atoms with Gasteiger partial charge in [0.25, 0.3) is 0 Å². The smallest absolute Gasteiger partial charge is 0.103 e. The third kappa shape index (κ3) is 0.922. The number of aliphatic hydroxyl groups is 1. The minimum atomic E-state index is -0.561. The molecule has 0 heterocycles. The van der Waals surface area contributed by atoms with E-state index >= 15 is 0 Å². The van der Waals surface area contributed by atoms with Crippen molar-refractivity contribution in [2.75, 3.05) is 0 Å². The molecular weight excluding hydrogens is 232 g/mol. The van der Waals surface area contributed by atoms with Crippen LogP contribution in [0.4, 0.5) is 0 Å². The topological polar surface area (TPSA) is 20.2 Å². The fraction of sp³-hybridized carbons (Fsp3) is 0.556. The van der Waals surface area contributed by atoms with Crippen molar-refractivity contribution in [3.05, 3.63) is 47.5 Å². The van der Waals surface area contributed by atoms with E-state index in [0.717, 1.165) is 0 Å². The molecule has 0 amide bonds. The summed E-state index contributed by atoms with van der Waals surface area (Å²) in [4.78, 5) is 0. The summed E-state index contributed by atoms with van der Waals surface area (Å²) in [6, 6.07) is 8.74. The Bertz CT molecular complexity index is 589. The monoisotopic (exact) mass is 252 g/mol. The largest absolute Gasteiger partial charge is 0.384 e. The van der Waals surface area contributed by atoms with Gasteiger partial charge >= 0.3 is 0 Å². The lowest BCUT2D eigenvalue weighted by molar-refractivity contribution is -0.114. The summed E-state index contributed by atoms with van der Waals surface area (Å²) in [5, 5.41) is 11.7. The molecule has 4 aliphatic rings. The highest BCUT2D eigenvalue weighted by atomic mass is 16.3. The van der Waals surface area contributed by atoms with Gasteiger partial charge in [0.15, 0.2) is 0 Å². The molecule has 0 unspecified atom stereocenters. The molecule has 0 aliphatic heterocycles. The van der Waals surface area contributed by atoms with Crippen molar-refractivity contribution in [2.45, 2.75) is 43.6 Å². The average molecular weight is 252 g/mol. The second kappa shape index (κ2) is 3.15. The molecule has 2 bridgehead atoms. The standard InChI is InChI=1S/C18H20O/c19-18-13-9-8-12(11-13)17(18)10-4-3-6-15(17)14-5-1-2-7-16(14)18/h1-2,5,7-9,12-13,15,19H,3-4,6,10-11H2/t12-,13+,15+,17-,18-/m0/s1. The van der Waals surface area contributed by atoms with Crippen LogP contribution in [0.3, 0.4) is 0 Å². The van der Waals surface area contributed by atoms with Gasteiger partial charge in [-0.1, -0.05) is 49.3 Å². The molecular formula is C18H20O. The minimum absolute atomic E-state index is 0.133. The highest BCUT2D eigenvalue weighted by Gasteiger charge is 2.72. The highest BCUT2D eigenvalue weighted by Crippen LogP contribution is 2.76. The normalized spacial score (nSPS) is 49.0. The summed E-state index contributed by atoms with van der Waals surface area (Å²) in [5.41, 5.74) is 2.30. The van der Waals surface area contributed by atoms with Gasteiger partial charge in [-0.3, -0.25) is 0 Å². The molecule has 5 rings (SSSR count). The molecule has 0 aromatic heterocycles. The van der Waals surface area contributed by atoms with E-state index in [0.29, 0.717) is 17.8 Å². The first-order chi connectivity index (χ1) is 9.28. The second-order valence-electron chi connectivity index (χ2n) is 7.03. The van der Waals surface area contributed by atoms with Crippen LogP contribution in [0.1, 0.15) is 49.1 Å². The first kappa shape index (κ1) is 10.7. The molecule has 1 spiro atoms. The fourth-order valence-electron chi connectivity index (χ4n) is 6.15. The van der Waals surface area contributed by atoms with Crippen molar-refractivity contribution >= 4 is 0 Å². The molecule has 2 fully saturated rings. The van der Waals surface area contributed by atoms with E-state index < -0.39 is 5.60 Å². The zero-order valence-corrected chi connectivity index (χ0v) is 11.2. The second-order valence-corrected chi connectivity index (χ2v) is 7.03. The summed E-state index contributed by atoms with van der Waals surface area (Å²) < 4.78 is 0. The summed E-state index contributed by atoms with van der Waals surface area (Å²) in [7, 11) is 0. The minimum Gasteiger partial charge on any atom is -0.384 e. The molecule has 0 saturated heterocycles. The maximum atomic E-state index is 11.7. The van der Waals surface area contributed by atoms with E-state index in [9.17, 15) is 5.11 Å². The van der Waals surface area contributed by atoms with Crippen LogP contribution in [0, 0.1) is 17.3 Å². The SMILES string of the molecule is O[C@@]12c3ccccc3[C@H]3CCCC[C@]31[C@H]1C=C[C@@H]2C1. The molecule has 2 saturated carbocycles. The van der Waals surface area contributed by atoms with Crippen LogP contribution < -0.4 is 0 Å². The summed E-state index contributed by atoms with van der Waals surface area (Å²) in [5.74, 6) is 1.57. The van der Waals surface area contributed by atoms with Crippen LogP contribution in [0.5, 0.6) is 0 Å². The van der Waals surface area contributed by atoms with Gasteiger partial charge in [0.2, 0.25) is 0 Å². The van der Waals surface area contributed by atoms with Crippen molar-refractivity contribution in [2.24, 2.45) is 17.3 Å². The molecule has 1 N–H and O–H groups in total. The van der Waals surface area contributed by atoms with Crippen molar-refractivity contribution in [1.82, 2.24) is 0 Å². The van der Waals surface area contributed by atoms with Crippen LogP contribution in [0.15, 0.2) is 36.4 Å². The predicted molar refractivity (Wildman–Crippen MR) is 74.7 cm³/mol. The van der Waals surface area contributed by atoms with E-state index in [1.54, 1.807) is 0 Å². The summed E-state index contributed by atoms with van der Waals surface area (Å²) in [6.07, 6.45) is 11.0. The molecule has 4 aliphatic carbocycles. The highest BCUT2D eigenvalue weighted by molar-refractivity contribution is 5.51. The lowest BCUT2D eigenvalue weighted by Crippen LogP contribution is -2.48. The van der Waals surface area contributed by atoms with E-state index in [1.807, 2.05) is 0 Å². The van der Waals surface area contributed by atoms with Crippen molar-refractivity contribution < 1.29 is 5.11 Å². The van der Waals surface area contributed by atoms with Crippen molar-refractivity contribution in [3.63, 3.8) is 0 Å². The van der Waals surface area contributed by atoms with Crippen LogP contribution in [-0.4, -0.2) is 5.11 Å². The Morgan fingerprint density at radius 1 is 1.05 bits per heavy atom. The molecule has 5 atom stereocenters. The third-order valence-electron chi connectivity index (χ3n) is 6.69. The van der Waals surface area contributed by atoms with Gasteiger partial charge in [-0.15, -0.1) is 0 Å². The maximum Gasteiger partial charge on any atom is 0.103 e. The van der Waals surface area contributed by atoms with Crippen LogP contribution in [-0.2, 0) is 5.60 Å². The van der Waals surface area contributed by atoms with Crippen molar-refractivity contribution in [1.29, 1.82) is 0 Å². The first-order valence-corrected chi connectivity index (χ1v) is 7.78. The Balaban J connectivity index is 1.85. The van der Waals surface area contributed by atoms with E-state index in [4.69, 9.17) is 0 Å².